The average molecular weight is 408 g/mol. The summed E-state index contributed by atoms with van der Waals surface area (Å²) in [4.78, 5) is 15.0. The topological polar surface area (TPSA) is 69.7 Å². The molecule has 156 valence electrons. The highest BCUT2D eigenvalue weighted by atomic mass is 32.2. The van der Waals surface area contributed by atoms with Crippen LogP contribution in [0.3, 0.4) is 0 Å². The lowest BCUT2D eigenvalue weighted by Gasteiger charge is -2.26. The number of piperidine rings is 1. The van der Waals surface area contributed by atoms with Crippen molar-refractivity contribution in [3.8, 4) is 0 Å². The Bertz CT molecular complexity index is 720. The third kappa shape index (κ3) is 5.78. The number of hydrogen-bond acceptors (Lipinski definition) is 4. The molecule has 1 N–H and O–H groups in total. The van der Waals surface area contributed by atoms with Gasteiger partial charge in [-0.05, 0) is 76.0 Å². The van der Waals surface area contributed by atoms with Crippen LogP contribution in [0.25, 0.3) is 0 Å². The molecule has 28 heavy (non-hydrogen) atoms. The number of hydrogen-bond donors (Lipinski definition) is 1. The van der Waals surface area contributed by atoms with Crippen LogP contribution in [0.15, 0.2) is 29.2 Å². The number of nitrogens with zero attached hydrogens (tertiary/aromatic N) is 2. The Morgan fingerprint density at radius 3 is 2.07 bits per heavy atom. The molecule has 0 atom stereocenters. The molecule has 0 saturated carbocycles. The molecule has 2 fully saturated rings. The highest BCUT2D eigenvalue weighted by molar-refractivity contribution is 7.89. The molecule has 0 bridgehead atoms. The number of nitrogens with one attached hydrogen (secondary N) is 1. The lowest BCUT2D eigenvalue weighted by atomic mass is 10.1. The number of sulfonamides is 1. The molecule has 6 nitrogen and oxygen atoms in total. The zero-order valence-corrected chi connectivity index (χ0v) is 17.6. The van der Waals surface area contributed by atoms with E-state index >= 15 is 0 Å². The van der Waals surface area contributed by atoms with Gasteiger partial charge in [0.15, 0.2) is 0 Å². The zero-order chi connectivity index (χ0) is 19.8. The molecule has 0 aromatic heterocycles. The van der Waals surface area contributed by atoms with Crippen LogP contribution in [-0.2, 0) is 10.0 Å². The Kier molecular flexibility index (Phi) is 7.88. The minimum atomic E-state index is -3.47. The molecule has 0 unspecified atom stereocenters. The van der Waals surface area contributed by atoms with E-state index in [-0.39, 0.29) is 10.8 Å². The number of carbonyl (C=O) groups excluding carboxylic acids is 1. The van der Waals surface area contributed by atoms with Crippen LogP contribution in [0.1, 0.15) is 61.7 Å². The lowest BCUT2D eigenvalue weighted by molar-refractivity contribution is 0.0951. The van der Waals surface area contributed by atoms with Crippen molar-refractivity contribution < 1.29 is 13.2 Å². The van der Waals surface area contributed by atoms with Gasteiger partial charge >= 0.3 is 0 Å². The molecule has 2 aliphatic heterocycles. The standard InChI is InChI=1S/C21H33N3O3S/c25-21(22-13-8-16-23-14-4-3-5-15-23)19-9-11-20(12-10-19)28(26,27)24-17-6-1-2-7-18-24/h9-12H,1-8,13-18H2,(H,22,25). The summed E-state index contributed by atoms with van der Waals surface area (Å²) in [6.07, 6.45) is 8.82. The number of likely N-dealkylation sites (tertiary alicyclic amines) is 1. The number of benzene rings is 1. The normalized spacial score (nSPS) is 19.9. The fourth-order valence-electron chi connectivity index (χ4n) is 4.00. The molecule has 0 aliphatic carbocycles. The number of rotatable bonds is 7. The first kappa shape index (κ1) is 21.3. The summed E-state index contributed by atoms with van der Waals surface area (Å²) in [5.41, 5.74) is 0.507. The molecule has 7 heteroatoms. The highest BCUT2D eigenvalue weighted by Gasteiger charge is 2.25. The van der Waals surface area contributed by atoms with Crippen LogP contribution in [0.4, 0.5) is 0 Å². The summed E-state index contributed by atoms with van der Waals surface area (Å²) in [5.74, 6) is -0.141. The summed E-state index contributed by atoms with van der Waals surface area (Å²) in [6.45, 7) is 5.17. The Hall–Kier alpha value is -1.44. The van der Waals surface area contributed by atoms with Crippen LogP contribution >= 0.6 is 0 Å². The molecule has 2 aliphatic rings. The SMILES string of the molecule is O=C(NCCCN1CCCCC1)c1ccc(S(=O)(=O)N2CCCCCC2)cc1. The second kappa shape index (κ2) is 10.4. The zero-order valence-electron chi connectivity index (χ0n) is 16.7. The minimum absolute atomic E-state index is 0.141. The van der Waals surface area contributed by atoms with Crippen molar-refractivity contribution in [1.29, 1.82) is 0 Å². The van der Waals surface area contributed by atoms with Gasteiger partial charge in [0, 0.05) is 25.2 Å². The monoisotopic (exact) mass is 407 g/mol. The van der Waals surface area contributed by atoms with E-state index in [2.05, 4.69) is 10.2 Å². The summed E-state index contributed by atoms with van der Waals surface area (Å²) >= 11 is 0. The predicted octanol–water partition coefficient (Wildman–Crippen LogP) is 2.86. The average Bonchev–Trinajstić information content (AvgIpc) is 3.02. The van der Waals surface area contributed by atoms with Crippen molar-refractivity contribution in [2.45, 2.75) is 56.3 Å². The first-order valence-corrected chi connectivity index (χ1v) is 12.1. The molecular formula is C21H33N3O3S. The first-order valence-electron chi connectivity index (χ1n) is 10.7. The van der Waals surface area contributed by atoms with E-state index in [0.29, 0.717) is 25.2 Å². The van der Waals surface area contributed by atoms with Gasteiger partial charge in [-0.15, -0.1) is 0 Å². The van der Waals surface area contributed by atoms with Crippen molar-refractivity contribution in [3.05, 3.63) is 29.8 Å². The van der Waals surface area contributed by atoms with E-state index in [1.54, 1.807) is 28.6 Å². The van der Waals surface area contributed by atoms with Crippen molar-refractivity contribution in [1.82, 2.24) is 14.5 Å². The quantitative estimate of drug-likeness (QED) is 0.706. The third-order valence-electron chi connectivity index (χ3n) is 5.70. The van der Waals surface area contributed by atoms with Gasteiger partial charge in [0.05, 0.1) is 4.90 Å². The molecule has 0 spiro atoms. The molecule has 0 radical (unpaired) electrons. The van der Waals surface area contributed by atoms with E-state index < -0.39 is 10.0 Å². The summed E-state index contributed by atoms with van der Waals surface area (Å²) in [7, 11) is -3.47. The smallest absolute Gasteiger partial charge is 0.251 e. The van der Waals surface area contributed by atoms with Gasteiger partial charge in [0.1, 0.15) is 0 Å². The Morgan fingerprint density at radius 2 is 1.43 bits per heavy atom. The minimum Gasteiger partial charge on any atom is -0.352 e. The van der Waals surface area contributed by atoms with E-state index in [9.17, 15) is 13.2 Å². The maximum absolute atomic E-state index is 12.8. The van der Waals surface area contributed by atoms with Crippen LogP contribution in [-0.4, -0.2) is 62.8 Å². The molecule has 2 saturated heterocycles. The second-order valence-electron chi connectivity index (χ2n) is 7.85. The van der Waals surface area contributed by atoms with E-state index in [4.69, 9.17) is 0 Å². The van der Waals surface area contributed by atoms with E-state index in [0.717, 1.165) is 38.6 Å². The van der Waals surface area contributed by atoms with Crippen LogP contribution < -0.4 is 5.32 Å². The Morgan fingerprint density at radius 1 is 0.857 bits per heavy atom. The van der Waals surface area contributed by atoms with Gasteiger partial charge in [-0.1, -0.05) is 19.3 Å². The van der Waals surface area contributed by atoms with Crippen LogP contribution in [0.5, 0.6) is 0 Å². The van der Waals surface area contributed by atoms with Crippen molar-refractivity contribution in [2.24, 2.45) is 0 Å². The molecule has 3 rings (SSSR count). The molecule has 1 aromatic rings. The molecule has 1 aromatic carbocycles. The van der Waals surface area contributed by atoms with Gasteiger partial charge in [-0.3, -0.25) is 4.79 Å². The Labute approximate surface area is 169 Å². The predicted molar refractivity (Wildman–Crippen MR) is 111 cm³/mol. The lowest BCUT2D eigenvalue weighted by Crippen LogP contribution is -2.33. The first-order chi connectivity index (χ1) is 13.6. The van der Waals surface area contributed by atoms with Gasteiger partial charge in [-0.2, -0.15) is 4.31 Å². The highest BCUT2D eigenvalue weighted by Crippen LogP contribution is 2.20. The number of amides is 1. The third-order valence-corrected chi connectivity index (χ3v) is 7.62. The largest absolute Gasteiger partial charge is 0.352 e. The van der Waals surface area contributed by atoms with Gasteiger partial charge in [0.25, 0.3) is 5.91 Å². The van der Waals surface area contributed by atoms with Crippen molar-refractivity contribution >= 4 is 15.9 Å². The summed E-state index contributed by atoms with van der Waals surface area (Å²) in [5, 5.41) is 2.94. The molecular weight excluding hydrogens is 374 g/mol. The fraction of sp³-hybridized carbons (Fsp3) is 0.667. The van der Waals surface area contributed by atoms with Gasteiger partial charge in [0.2, 0.25) is 10.0 Å². The van der Waals surface area contributed by atoms with Crippen LogP contribution in [0.2, 0.25) is 0 Å². The van der Waals surface area contributed by atoms with Crippen molar-refractivity contribution in [2.75, 3.05) is 39.3 Å². The van der Waals surface area contributed by atoms with Crippen LogP contribution in [0, 0.1) is 0 Å². The maximum Gasteiger partial charge on any atom is 0.251 e. The Balaban J connectivity index is 1.49. The van der Waals surface area contributed by atoms with Gasteiger partial charge < -0.3 is 10.2 Å². The second-order valence-corrected chi connectivity index (χ2v) is 9.79. The number of carbonyl (C=O) groups is 1. The fourth-order valence-corrected chi connectivity index (χ4v) is 5.52. The summed E-state index contributed by atoms with van der Waals surface area (Å²) < 4.78 is 27.2. The molecule has 2 heterocycles. The maximum atomic E-state index is 12.8. The van der Waals surface area contributed by atoms with Crippen molar-refractivity contribution in [3.63, 3.8) is 0 Å². The summed E-state index contributed by atoms with van der Waals surface area (Å²) in [6, 6.07) is 6.35. The van der Waals surface area contributed by atoms with Gasteiger partial charge in [-0.25, -0.2) is 8.42 Å². The van der Waals surface area contributed by atoms with E-state index in [1.165, 1.54) is 32.4 Å². The van der Waals surface area contributed by atoms with E-state index in [1.807, 2.05) is 0 Å². The molecule has 1 amide bonds.